The molecule has 0 radical (unpaired) electrons. The second kappa shape index (κ2) is 6.83. The van der Waals surface area contributed by atoms with Gasteiger partial charge in [0.05, 0.1) is 17.8 Å². The van der Waals surface area contributed by atoms with Gasteiger partial charge in [-0.2, -0.15) is 0 Å². The van der Waals surface area contributed by atoms with E-state index in [4.69, 9.17) is 0 Å². The number of carbonyl (C=O) groups excluding carboxylic acids is 1. The van der Waals surface area contributed by atoms with E-state index in [0.29, 0.717) is 17.9 Å². The van der Waals surface area contributed by atoms with E-state index in [1.165, 1.54) is 0 Å². The number of nitrogens with zero attached hydrogens (tertiary/aromatic N) is 3. The van der Waals surface area contributed by atoms with Gasteiger partial charge in [-0.3, -0.25) is 9.78 Å². The molecule has 2 heterocycles. The average Bonchev–Trinajstić information content (AvgIpc) is 2.47. The molecule has 2 aromatic heterocycles. The summed E-state index contributed by atoms with van der Waals surface area (Å²) < 4.78 is 0. The fraction of sp³-hybridized carbons (Fsp3) is 0.312. The Morgan fingerprint density at radius 2 is 2.10 bits per heavy atom. The normalized spacial score (nSPS) is 10.2. The molecule has 2 aromatic rings. The van der Waals surface area contributed by atoms with E-state index in [2.05, 4.69) is 15.3 Å². The molecule has 0 unspecified atom stereocenters. The Labute approximate surface area is 125 Å². The van der Waals surface area contributed by atoms with Gasteiger partial charge < -0.3 is 10.2 Å². The topological polar surface area (TPSA) is 58.1 Å². The molecule has 0 spiro atoms. The summed E-state index contributed by atoms with van der Waals surface area (Å²) in [6.45, 7) is 5.11. The van der Waals surface area contributed by atoms with Crippen LogP contribution in [0.1, 0.15) is 28.7 Å². The molecular formula is C16H20N4O. The highest BCUT2D eigenvalue weighted by molar-refractivity contribution is 5.98. The molecule has 0 aliphatic rings. The van der Waals surface area contributed by atoms with E-state index in [9.17, 15) is 4.79 Å². The first-order chi connectivity index (χ1) is 10.1. The molecule has 0 bridgehead atoms. The van der Waals surface area contributed by atoms with Crippen molar-refractivity contribution in [2.24, 2.45) is 0 Å². The second-order valence-corrected chi connectivity index (χ2v) is 4.86. The Kier molecular flexibility index (Phi) is 4.87. The molecule has 21 heavy (non-hydrogen) atoms. The zero-order chi connectivity index (χ0) is 15.2. The SMILES string of the molecule is CCNc1ncccc1C(=O)N(C)Cc1cccc(C)n1. The van der Waals surface area contributed by atoms with Crippen molar-refractivity contribution in [2.45, 2.75) is 20.4 Å². The smallest absolute Gasteiger partial charge is 0.257 e. The Hall–Kier alpha value is -2.43. The van der Waals surface area contributed by atoms with Gasteiger partial charge in [0.1, 0.15) is 5.82 Å². The van der Waals surface area contributed by atoms with E-state index >= 15 is 0 Å². The zero-order valence-electron chi connectivity index (χ0n) is 12.6. The lowest BCUT2D eigenvalue weighted by atomic mass is 10.2. The summed E-state index contributed by atoms with van der Waals surface area (Å²) in [7, 11) is 1.77. The lowest BCUT2D eigenvalue weighted by Crippen LogP contribution is -2.27. The Balaban J connectivity index is 2.16. The van der Waals surface area contributed by atoms with Crippen LogP contribution in [-0.2, 0) is 6.54 Å². The van der Waals surface area contributed by atoms with E-state index in [0.717, 1.165) is 17.9 Å². The molecule has 1 N–H and O–H groups in total. The van der Waals surface area contributed by atoms with Gasteiger partial charge in [-0.1, -0.05) is 6.07 Å². The zero-order valence-corrected chi connectivity index (χ0v) is 12.6. The second-order valence-electron chi connectivity index (χ2n) is 4.86. The van der Waals surface area contributed by atoms with Gasteiger partial charge in [-0.05, 0) is 38.1 Å². The summed E-state index contributed by atoms with van der Waals surface area (Å²) >= 11 is 0. The standard InChI is InChI=1S/C16H20N4O/c1-4-17-15-14(9-6-10-18-15)16(21)20(3)11-13-8-5-7-12(2)19-13/h5-10H,4,11H2,1-3H3,(H,17,18). The molecule has 0 aromatic carbocycles. The molecule has 110 valence electrons. The molecular weight excluding hydrogens is 264 g/mol. The number of aryl methyl sites for hydroxylation is 1. The van der Waals surface area contributed by atoms with Crippen LogP contribution in [0.5, 0.6) is 0 Å². The molecule has 0 saturated heterocycles. The third-order valence-corrected chi connectivity index (χ3v) is 3.07. The lowest BCUT2D eigenvalue weighted by Gasteiger charge is -2.18. The summed E-state index contributed by atoms with van der Waals surface area (Å²) in [5.74, 6) is 0.552. The van der Waals surface area contributed by atoms with Crippen LogP contribution < -0.4 is 5.32 Å². The number of aromatic nitrogens is 2. The van der Waals surface area contributed by atoms with E-state index in [-0.39, 0.29) is 5.91 Å². The lowest BCUT2D eigenvalue weighted by molar-refractivity contribution is 0.0784. The largest absolute Gasteiger partial charge is 0.370 e. The summed E-state index contributed by atoms with van der Waals surface area (Å²) in [5.41, 5.74) is 2.40. The van der Waals surface area contributed by atoms with E-state index < -0.39 is 0 Å². The highest BCUT2D eigenvalue weighted by Crippen LogP contribution is 2.14. The molecule has 0 atom stereocenters. The summed E-state index contributed by atoms with van der Waals surface area (Å²) in [4.78, 5) is 22.8. The Bertz CT molecular complexity index is 627. The van der Waals surface area contributed by atoms with Gasteiger partial charge >= 0.3 is 0 Å². The van der Waals surface area contributed by atoms with E-state index in [1.54, 1.807) is 30.3 Å². The minimum absolute atomic E-state index is 0.0673. The van der Waals surface area contributed by atoms with Crippen LogP contribution in [0.3, 0.4) is 0 Å². The maximum absolute atomic E-state index is 12.5. The van der Waals surface area contributed by atoms with Crippen molar-refractivity contribution in [3.05, 3.63) is 53.5 Å². The Morgan fingerprint density at radius 3 is 2.81 bits per heavy atom. The van der Waals surface area contributed by atoms with Gasteiger partial charge in [-0.25, -0.2) is 4.98 Å². The monoisotopic (exact) mass is 284 g/mol. The predicted molar refractivity (Wildman–Crippen MR) is 83.2 cm³/mol. The van der Waals surface area contributed by atoms with Crippen molar-refractivity contribution in [2.75, 3.05) is 18.9 Å². The van der Waals surface area contributed by atoms with Gasteiger partial charge in [-0.15, -0.1) is 0 Å². The van der Waals surface area contributed by atoms with Crippen LogP contribution in [0.4, 0.5) is 5.82 Å². The molecule has 2 rings (SSSR count). The van der Waals surface area contributed by atoms with Gasteiger partial charge in [0, 0.05) is 25.5 Å². The maximum Gasteiger partial charge on any atom is 0.257 e. The average molecular weight is 284 g/mol. The number of rotatable bonds is 5. The van der Waals surface area contributed by atoms with Crippen molar-refractivity contribution >= 4 is 11.7 Å². The minimum atomic E-state index is -0.0673. The highest BCUT2D eigenvalue weighted by atomic mass is 16.2. The summed E-state index contributed by atoms with van der Waals surface area (Å²) in [5, 5.41) is 3.11. The van der Waals surface area contributed by atoms with Gasteiger partial charge in [0.15, 0.2) is 0 Å². The molecule has 1 amide bonds. The van der Waals surface area contributed by atoms with Gasteiger partial charge in [0.2, 0.25) is 0 Å². The number of anilines is 1. The Morgan fingerprint density at radius 1 is 1.29 bits per heavy atom. The number of hydrogen-bond acceptors (Lipinski definition) is 4. The third kappa shape index (κ3) is 3.78. The van der Waals surface area contributed by atoms with Crippen LogP contribution in [0.2, 0.25) is 0 Å². The molecule has 0 fully saturated rings. The predicted octanol–water partition coefficient (Wildman–Crippen LogP) is 2.49. The van der Waals surface area contributed by atoms with Crippen molar-refractivity contribution < 1.29 is 4.79 Å². The van der Waals surface area contributed by atoms with Crippen LogP contribution in [0, 0.1) is 6.92 Å². The number of pyridine rings is 2. The molecule has 5 nitrogen and oxygen atoms in total. The molecule has 0 aliphatic carbocycles. The third-order valence-electron chi connectivity index (χ3n) is 3.07. The van der Waals surface area contributed by atoms with E-state index in [1.807, 2.05) is 32.0 Å². The quantitative estimate of drug-likeness (QED) is 0.916. The molecule has 0 aliphatic heterocycles. The summed E-state index contributed by atoms with van der Waals surface area (Å²) in [6, 6.07) is 9.37. The number of hydrogen-bond donors (Lipinski definition) is 1. The number of nitrogens with one attached hydrogen (secondary N) is 1. The molecule has 0 saturated carbocycles. The number of carbonyl (C=O) groups is 1. The fourth-order valence-corrected chi connectivity index (χ4v) is 2.09. The number of amides is 1. The maximum atomic E-state index is 12.5. The van der Waals surface area contributed by atoms with Crippen LogP contribution in [0.25, 0.3) is 0 Å². The van der Waals surface area contributed by atoms with Crippen molar-refractivity contribution in [1.82, 2.24) is 14.9 Å². The fourth-order valence-electron chi connectivity index (χ4n) is 2.09. The van der Waals surface area contributed by atoms with Crippen molar-refractivity contribution in [3.63, 3.8) is 0 Å². The van der Waals surface area contributed by atoms with Crippen molar-refractivity contribution in [1.29, 1.82) is 0 Å². The van der Waals surface area contributed by atoms with Crippen molar-refractivity contribution in [3.8, 4) is 0 Å². The first-order valence-corrected chi connectivity index (χ1v) is 6.98. The minimum Gasteiger partial charge on any atom is -0.370 e. The van der Waals surface area contributed by atoms with Crippen LogP contribution >= 0.6 is 0 Å². The molecule has 5 heteroatoms. The first kappa shape index (κ1) is 15.0. The van der Waals surface area contributed by atoms with Crippen LogP contribution in [-0.4, -0.2) is 34.4 Å². The first-order valence-electron chi connectivity index (χ1n) is 6.98. The van der Waals surface area contributed by atoms with Crippen LogP contribution in [0.15, 0.2) is 36.5 Å². The highest BCUT2D eigenvalue weighted by Gasteiger charge is 2.16. The summed E-state index contributed by atoms with van der Waals surface area (Å²) in [6.07, 6.45) is 1.68. The van der Waals surface area contributed by atoms with Gasteiger partial charge in [0.25, 0.3) is 5.91 Å².